The summed E-state index contributed by atoms with van der Waals surface area (Å²) in [4.78, 5) is 25.4. The quantitative estimate of drug-likeness (QED) is 0.893. The maximum Gasteiger partial charge on any atom is 0.244 e. The Morgan fingerprint density at radius 2 is 1.87 bits per heavy atom. The molecular weight excluding hydrogens is 335 g/mol. The highest BCUT2D eigenvalue weighted by molar-refractivity contribution is 6.36. The summed E-state index contributed by atoms with van der Waals surface area (Å²) in [6.07, 6.45) is 0. The second kappa shape index (κ2) is 7.49. The van der Waals surface area contributed by atoms with Gasteiger partial charge in [-0.05, 0) is 42.8 Å². The SMILES string of the molecule is CC(=O)N(CC(=O)Nc1cccc(C)c1)c1ccc(Cl)cc1Cl. The molecule has 0 aliphatic rings. The number of rotatable bonds is 4. The molecule has 0 fully saturated rings. The Morgan fingerprint density at radius 1 is 1.13 bits per heavy atom. The number of aryl methyl sites for hydroxylation is 1. The summed E-state index contributed by atoms with van der Waals surface area (Å²) in [6, 6.07) is 12.2. The summed E-state index contributed by atoms with van der Waals surface area (Å²) >= 11 is 12.0. The van der Waals surface area contributed by atoms with E-state index < -0.39 is 0 Å². The summed E-state index contributed by atoms with van der Waals surface area (Å²) in [7, 11) is 0. The first-order valence-corrected chi connectivity index (χ1v) is 7.72. The van der Waals surface area contributed by atoms with Crippen LogP contribution >= 0.6 is 23.2 Å². The number of nitrogens with one attached hydrogen (secondary N) is 1. The lowest BCUT2D eigenvalue weighted by atomic mass is 10.2. The zero-order valence-electron chi connectivity index (χ0n) is 12.8. The van der Waals surface area contributed by atoms with Crippen LogP contribution in [0.4, 0.5) is 11.4 Å². The number of carbonyl (C=O) groups excluding carboxylic acids is 2. The van der Waals surface area contributed by atoms with Crippen LogP contribution in [-0.4, -0.2) is 18.4 Å². The molecule has 120 valence electrons. The van der Waals surface area contributed by atoms with Crippen molar-refractivity contribution >= 4 is 46.4 Å². The van der Waals surface area contributed by atoms with Crippen LogP contribution in [0.3, 0.4) is 0 Å². The summed E-state index contributed by atoms with van der Waals surface area (Å²) in [5, 5.41) is 3.55. The van der Waals surface area contributed by atoms with Gasteiger partial charge >= 0.3 is 0 Å². The Labute approximate surface area is 145 Å². The Hall–Kier alpha value is -2.04. The lowest BCUT2D eigenvalue weighted by Gasteiger charge is -2.22. The second-order valence-corrected chi connectivity index (χ2v) is 5.96. The van der Waals surface area contributed by atoms with Crippen LogP contribution in [0.2, 0.25) is 10.0 Å². The molecular formula is C17H16Cl2N2O2. The van der Waals surface area contributed by atoms with Gasteiger partial charge in [0.15, 0.2) is 0 Å². The molecule has 2 aromatic rings. The number of hydrogen-bond acceptors (Lipinski definition) is 2. The summed E-state index contributed by atoms with van der Waals surface area (Å²) in [6.45, 7) is 3.18. The van der Waals surface area contributed by atoms with Gasteiger partial charge in [0.2, 0.25) is 11.8 Å². The molecule has 2 rings (SSSR count). The fraction of sp³-hybridized carbons (Fsp3) is 0.176. The van der Waals surface area contributed by atoms with E-state index in [9.17, 15) is 9.59 Å². The molecule has 0 bridgehead atoms. The third kappa shape index (κ3) is 4.71. The van der Waals surface area contributed by atoms with E-state index in [1.54, 1.807) is 18.2 Å². The van der Waals surface area contributed by atoms with Gasteiger partial charge in [0.05, 0.1) is 10.7 Å². The van der Waals surface area contributed by atoms with E-state index in [-0.39, 0.29) is 18.4 Å². The topological polar surface area (TPSA) is 49.4 Å². The molecule has 0 radical (unpaired) electrons. The van der Waals surface area contributed by atoms with Gasteiger partial charge in [-0.25, -0.2) is 0 Å². The van der Waals surface area contributed by atoms with Crippen molar-refractivity contribution in [1.82, 2.24) is 0 Å². The van der Waals surface area contributed by atoms with Crippen LogP contribution < -0.4 is 10.2 Å². The molecule has 0 saturated heterocycles. The molecule has 0 aliphatic heterocycles. The fourth-order valence-corrected chi connectivity index (χ4v) is 2.64. The van der Waals surface area contributed by atoms with Crippen molar-refractivity contribution in [2.75, 3.05) is 16.8 Å². The van der Waals surface area contributed by atoms with Gasteiger partial charge in [0.1, 0.15) is 6.54 Å². The number of nitrogens with zero attached hydrogens (tertiary/aromatic N) is 1. The molecule has 0 saturated carbocycles. The summed E-state index contributed by atoms with van der Waals surface area (Å²) in [5.41, 5.74) is 2.16. The van der Waals surface area contributed by atoms with E-state index in [4.69, 9.17) is 23.2 Å². The number of carbonyl (C=O) groups is 2. The predicted molar refractivity (Wildman–Crippen MR) is 94.3 cm³/mol. The van der Waals surface area contributed by atoms with Gasteiger partial charge in [-0.1, -0.05) is 35.3 Å². The van der Waals surface area contributed by atoms with Gasteiger partial charge < -0.3 is 10.2 Å². The summed E-state index contributed by atoms with van der Waals surface area (Å²) in [5.74, 6) is -0.592. The Balaban J connectivity index is 2.16. The molecule has 0 aliphatic carbocycles. The maximum atomic E-state index is 12.2. The van der Waals surface area contributed by atoms with E-state index in [2.05, 4.69) is 5.32 Å². The van der Waals surface area contributed by atoms with Crippen molar-refractivity contribution in [3.8, 4) is 0 Å². The predicted octanol–water partition coefficient (Wildman–Crippen LogP) is 4.29. The molecule has 0 spiro atoms. The summed E-state index contributed by atoms with van der Waals surface area (Å²) < 4.78 is 0. The lowest BCUT2D eigenvalue weighted by molar-refractivity contribution is -0.120. The molecule has 0 heterocycles. The zero-order chi connectivity index (χ0) is 17.0. The number of halogens is 2. The zero-order valence-corrected chi connectivity index (χ0v) is 14.3. The first-order valence-electron chi connectivity index (χ1n) is 6.96. The van der Waals surface area contributed by atoms with Gasteiger partial charge in [-0.2, -0.15) is 0 Å². The van der Waals surface area contributed by atoms with Crippen molar-refractivity contribution in [1.29, 1.82) is 0 Å². The molecule has 1 N–H and O–H groups in total. The third-order valence-electron chi connectivity index (χ3n) is 3.18. The Morgan fingerprint density at radius 3 is 2.48 bits per heavy atom. The van der Waals surface area contributed by atoms with Crippen molar-refractivity contribution in [3.05, 3.63) is 58.1 Å². The molecule has 2 amide bonds. The van der Waals surface area contributed by atoms with Crippen molar-refractivity contribution in [2.24, 2.45) is 0 Å². The first kappa shape index (κ1) is 17.3. The molecule has 0 unspecified atom stereocenters. The molecule has 6 heteroatoms. The molecule has 4 nitrogen and oxygen atoms in total. The highest BCUT2D eigenvalue weighted by Crippen LogP contribution is 2.29. The van der Waals surface area contributed by atoms with Crippen LogP contribution in [0.15, 0.2) is 42.5 Å². The highest BCUT2D eigenvalue weighted by Gasteiger charge is 2.18. The van der Waals surface area contributed by atoms with Crippen LogP contribution in [-0.2, 0) is 9.59 Å². The van der Waals surface area contributed by atoms with Crippen LogP contribution in [0.5, 0.6) is 0 Å². The molecule has 0 aromatic heterocycles. The first-order chi connectivity index (χ1) is 10.9. The van der Waals surface area contributed by atoms with Gasteiger partial charge in [0, 0.05) is 17.6 Å². The molecule has 23 heavy (non-hydrogen) atoms. The van der Waals surface area contributed by atoms with Gasteiger partial charge in [-0.3, -0.25) is 9.59 Å². The number of anilines is 2. The Bertz CT molecular complexity index is 747. The third-order valence-corrected chi connectivity index (χ3v) is 3.72. The lowest BCUT2D eigenvalue weighted by Crippen LogP contribution is -2.36. The van der Waals surface area contributed by atoms with Gasteiger partial charge in [-0.15, -0.1) is 0 Å². The molecule has 2 aromatic carbocycles. The largest absolute Gasteiger partial charge is 0.325 e. The Kier molecular flexibility index (Phi) is 5.64. The second-order valence-electron chi connectivity index (χ2n) is 5.12. The van der Waals surface area contributed by atoms with Crippen LogP contribution in [0, 0.1) is 6.92 Å². The monoisotopic (exact) mass is 350 g/mol. The van der Waals surface area contributed by atoms with Crippen LogP contribution in [0.25, 0.3) is 0 Å². The van der Waals surface area contributed by atoms with E-state index >= 15 is 0 Å². The van der Waals surface area contributed by atoms with E-state index in [0.29, 0.717) is 21.4 Å². The standard InChI is InChI=1S/C17H16Cl2N2O2/c1-11-4-3-5-14(8-11)20-17(23)10-21(12(2)22)16-7-6-13(18)9-15(16)19/h3-9H,10H2,1-2H3,(H,20,23). The minimum atomic E-state index is -0.309. The van der Waals surface area contributed by atoms with E-state index in [0.717, 1.165) is 5.56 Å². The molecule has 0 atom stereocenters. The van der Waals surface area contributed by atoms with Crippen molar-refractivity contribution in [2.45, 2.75) is 13.8 Å². The van der Waals surface area contributed by atoms with E-state index in [1.807, 2.05) is 25.1 Å². The minimum Gasteiger partial charge on any atom is -0.325 e. The maximum absolute atomic E-state index is 12.2. The minimum absolute atomic E-state index is 0.134. The normalized spacial score (nSPS) is 10.3. The fourth-order valence-electron chi connectivity index (χ4n) is 2.13. The van der Waals surface area contributed by atoms with Crippen molar-refractivity contribution < 1.29 is 9.59 Å². The van der Waals surface area contributed by atoms with E-state index in [1.165, 1.54) is 17.9 Å². The van der Waals surface area contributed by atoms with Crippen LogP contribution in [0.1, 0.15) is 12.5 Å². The average molecular weight is 351 g/mol. The highest BCUT2D eigenvalue weighted by atomic mass is 35.5. The number of benzene rings is 2. The smallest absolute Gasteiger partial charge is 0.244 e. The number of amides is 2. The average Bonchev–Trinajstić information content (AvgIpc) is 2.45. The number of hydrogen-bond donors (Lipinski definition) is 1. The van der Waals surface area contributed by atoms with Gasteiger partial charge in [0.25, 0.3) is 0 Å². The van der Waals surface area contributed by atoms with Crippen molar-refractivity contribution in [3.63, 3.8) is 0 Å².